The van der Waals surface area contributed by atoms with Crippen molar-refractivity contribution in [3.05, 3.63) is 0 Å². The monoisotopic (exact) mass is 196 g/mol. The summed E-state index contributed by atoms with van der Waals surface area (Å²) < 4.78 is 15.7. The van der Waals surface area contributed by atoms with E-state index in [2.05, 4.69) is 0 Å². The minimum absolute atomic E-state index is 0.182. The predicted molar refractivity (Wildman–Crippen MR) is 44.8 cm³/mol. The molecule has 3 nitrogen and oxygen atoms in total. The number of hydrogen-bond acceptors (Lipinski definition) is 3. The van der Waals surface area contributed by atoms with E-state index in [1.165, 1.54) is 0 Å². The van der Waals surface area contributed by atoms with Gasteiger partial charge in [0.05, 0.1) is 0 Å². The molecule has 0 spiro atoms. The standard InChI is InChI=1S/C6H13ClO3Si/c1-8-11(9-2,10-3)6-4-5(6)7/h5-6H,4H2,1-3H3. The Hall–Kier alpha value is 0.387. The molecule has 0 aromatic rings. The van der Waals surface area contributed by atoms with E-state index in [0.717, 1.165) is 6.42 Å². The van der Waals surface area contributed by atoms with Gasteiger partial charge in [0.1, 0.15) is 0 Å². The lowest BCUT2D eigenvalue weighted by molar-refractivity contribution is 0.121. The maximum Gasteiger partial charge on any atom is 0.504 e. The summed E-state index contributed by atoms with van der Waals surface area (Å²) in [5, 5.41) is 0.182. The third-order valence-electron chi connectivity index (χ3n) is 2.02. The summed E-state index contributed by atoms with van der Waals surface area (Å²) in [6.07, 6.45) is 0.948. The van der Waals surface area contributed by atoms with E-state index in [-0.39, 0.29) is 5.38 Å². The first-order chi connectivity index (χ1) is 5.20. The smallest absolute Gasteiger partial charge is 0.377 e. The van der Waals surface area contributed by atoms with Gasteiger partial charge in [-0.3, -0.25) is 0 Å². The lowest BCUT2D eigenvalue weighted by Gasteiger charge is -2.23. The average molecular weight is 197 g/mol. The molecule has 0 N–H and O–H groups in total. The first kappa shape index (κ1) is 9.47. The highest BCUT2D eigenvalue weighted by molar-refractivity contribution is 6.65. The maximum atomic E-state index is 5.87. The summed E-state index contributed by atoms with van der Waals surface area (Å²) in [4.78, 5) is 0. The van der Waals surface area contributed by atoms with E-state index in [0.29, 0.717) is 5.54 Å². The number of alkyl halides is 1. The fraction of sp³-hybridized carbons (Fsp3) is 1.00. The van der Waals surface area contributed by atoms with Crippen LogP contribution in [-0.2, 0) is 13.3 Å². The Kier molecular flexibility index (Phi) is 2.94. The second kappa shape index (κ2) is 3.41. The minimum Gasteiger partial charge on any atom is -0.377 e. The molecule has 11 heavy (non-hydrogen) atoms. The lowest BCUT2D eigenvalue weighted by Crippen LogP contribution is -2.44. The van der Waals surface area contributed by atoms with Crippen molar-refractivity contribution in [3.63, 3.8) is 0 Å². The van der Waals surface area contributed by atoms with Gasteiger partial charge >= 0.3 is 8.80 Å². The first-order valence-electron chi connectivity index (χ1n) is 3.49. The number of halogens is 1. The van der Waals surface area contributed by atoms with Gasteiger partial charge in [0, 0.05) is 32.2 Å². The highest BCUT2D eigenvalue weighted by Gasteiger charge is 2.59. The second-order valence-corrected chi connectivity index (χ2v) is 6.31. The topological polar surface area (TPSA) is 27.7 Å². The number of hydrogen-bond donors (Lipinski definition) is 0. The highest BCUT2D eigenvalue weighted by Crippen LogP contribution is 2.50. The molecule has 0 heterocycles. The van der Waals surface area contributed by atoms with Crippen LogP contribution in [0.5, 0.6) is 0 Å². The normalized spacial score (nSPS) is 30.5. The fourth-order valence-corrected chi connectivity index (χ4v) is 4.43. The number of rotatable bonds is 4. The molecular formula is C6H13ClO3Si. The van der Waals surface area contributed by atoms with E-state index < -0.39 is 8.80 Å². The van der Waals surface area contributed by atoms with E-state index in [4.69, 9.17) is 24.9 Å². The van der Waals surface area contributed by atoms with Crippen molar-refractivity contribution in [3.8, 4) is 0 Å². The van der Waals surface area contributed by atoms with Crippen LogP contribution in [0.2, 0.25) is 5.54 Å². The SMILES string of the molecule is CO[Si](OC)(OC)C1CC1Cl. The van der Waals surface area contributed by atoms with Gasteiger partial charge < -0.3 is 13.3 Å². The summed E-state index contributed by atoms with van der Waals surface area (Å²) in [7, 11) is 2.46. The van der Waals surface area contributed by atoms with Crippen molar-refractivity contribution in [2.45, 2.75) is 17.3 Å². The zero-order valence-corrected chi connectivity index (χ0v) is 8.72. The largest absolute Gasteiger partial charge is 0.504 e. The molecule has 0 aromatic carbocycles. The van der Waals surface area contributed by atoms with Gasteiger partial charge in [-0.05, 0) is 6.42 Å². The molecule has 2 atom stereocenters. The third-order valence-corrected chi connectivity index (χ3v) is 5.97. The van der Waals surface area contributed by atoms with Crippen molar-refractivity contribution in [2.24, 2.45) is 0 Å². The van der Waals surface area contributed by atoms with Gasteiger partial charge in [0.15, 0.2) is 0 Å². The van der Waals surface area contributed by atoms with Crippen LogP contribution in [0.1, 0.15) is 6.42 Å². The minimum atomic E-state index is -2.38. The zero-order chi connectivity index (χ0) is 8.48. The Morgan fingerprint density at radius 1 is 1.18 bits per heavy atom. The Balaban J connectivity index is 2.57. The Bertz CT molecular complexity index is 132. The quantitative estimate of drug-likeness (QED) is 0.501. The first-order valence-corrected chi connectivity index (χ1v) is 5.73. The summed E-state index contributed by atoms with van der Waals surface area (Å²) >= 11 is 5.87. The van der Waals surface area contributed by atoms with Crippen molar-refractivity contribution < 1.29 is 13.3 Å². The van der Waals surface area contributed by atoms with Crippen molar-refractivity contribution in [1.82, 2.24) is 0 Å². The molecule has 0 bridgehead atoms. The van der Waals surface area contributed by atoms with Crippen LogP contribution in [0.25, 0.3) is 0 Å². The van der Waals surface area contributed by atoms with Crippen LogP contribution in [0, 0.1) is 0 Å². The van der Waals surface area contributed by atoms with E-state index in [1.807, 2.05) is 0 Å². The fourth-order valence-electron chi connectivity index (χ4n) is 1.23. The van der Waals surface area contributed by atoms with Gasteiger partial charge in [0.2, 0.25) is 0 Å². The van der Waals surface area contributed by atoms with Crippen LogP contribution in [-0.4, -0.2) is 35.5 Å². The average Bonchev–Trinajstić information content (AvgIpc) is 2.73. The van der Waals surface area contributed by atoms with Crippen molar-refractivity contribution in [2.75, 3.05) is 21.3 Å². The molecule has 1 rings (SSSR count). The van der Waals surface area contributed by atoms with Crippen LogP contribution >= 0.6 is 11.6 Å². The Morgan fingerprint density at radius 3 is 1.64 bits per heavy atom. The molecular weight excluding hydrogens is 184 g/mol. The summed E-state index contributed by atoms with van der Waals surface area (Å²) in [5.74, 6) is 0. The molecule has 0 aromatic heterocycles. The van der Waals surface area contributed by atoms with E-state index in [9.17, 15) is 0 Å². The molecule has 1 aliphatic rings. The van der Waals surface area contributed by atoms with Gasteiger partial charge in [-0.15, -0.1) is 11.6 Å². The second-order valence-electron chi connectivity index (χ2n) is 2.57. The van der Waals surface area contributed by atoms with Gasteiger partial charge in [-0.2, -0.15) is 0 Å². The van der Waals surface area contributed by atoms with Crippen LogP contribution in [0.15, 0.2) is 0 Å². The molecule has 5 heteroatoms. The molecule has 1 fully saturated rings. The van der Waals surface area contributed by atoms with Crippen LogP contribution in [0.3, 0.4) is 0 Å². The molecule has 0 aliphatic heterocycles. The summed E-state index contributed by atoms with van der Waals surface area (Å²) in [5.41, 5.74) is 0.296. The summed E-state index contributed by atoms with van der Waals surface area (Å²) in [6.45, 7) is 0. The molecule has 0 saturated heterocycles. The molecule has 1 aliphatic carbocycles. The maximum absolute atomic E-state index is 5.87. The molecule has 0 amide bonds. The van der Waals surface area contributed by atoms with Gasteiger partial charge in [-0.1, -0.05) is 0 Å². The van der Waals surface area contributed by atoms with E-state index in [1.54, 1.807) is 21.3 Å². The van der Waals surface area contributed by atoms with E-state index >= 15 is 0 Å². The van der Waals surface area contributed by atoms with Crippen molar-refractivity contribution >= 4 is 20.4 Å². The predicted octanol–water partition coefficient (Wildman–Crippen LogP) is 1.25. The Morgan fingerprint density at radius 2 is 1.55 bits per heavy atom. The summed E-state index contributed by atoms with van der Waals surface area (Å²) in [6, 6.07) is 0. The zero-order valence-electron chi connectivity index (χ0n) is 6.96. The molecule has 2 unspecified atom stereocenters. The van der Waals surface area contributed by atoms with Crippen LogP contribution in [0.4, 0.5) is 0 Å². The lowest BCUT2D eigenvalue weighted by atomic mass is 11.0. The molecule has 1 saturated carbocycles. The van der Waals surface area contributed by atoms with Crippen molar-refractivity contribution in [1.29, 1.82) is 0 Å². The third kappa shape index (κ3) is 1.60. The molecule has 0 radical (unpaired) electrons. The molecule has 66 valence electrons. The van der Waals surface area contributed by atoms with Gasteiger partial charge in [0.25, 0.3) is 0 Å². The van der Waals surface area contributed by atoms with Crippen LogP contribution < -0.4 is 0 Å². The Labute approximate surface area is 73.0 Å². The van der Waals surface area contributed by atoms with Gasteiger partial charge in [-0.25, -0.2) is 0 Å². The highest BCUT2D eigenvalue weighted by atomic mass is 35.5.